The van der Waals surface area contributed by atoms with Crippen LogP contribution in [0.3, 0.4) is 0 Å². The normalized spacial score (nSPS) is 18.5. The summed E-state index contributed by atoms with van der Waals surface area (Å²) in [6.07, 6.45) is 0.647. The molecule has 1 heterocycles. The molecule has 1 atom stereocenters. The maximum Gasteiger partial charge on any atom is 0.305 e. The fourth-order valence-corrected chi connectivity index (χ4v) is 2.59. The number of fused-ring (bicyclic) bond motifs is 1. The number of aryl methyl sites for hydroxylation is 1. The quantitative estimate of drug-likeness (QED) is 0.897. The van der Waals surface area contributed by atoms with E-state index in [9.17, 15) is 9.59 Å². The molecule has 1 aromatic carbocycles. The summed E-state index contributed by atoms with van der Waals surface area (Å²) in [6.45, 7) is 2.04. The number of carboxylic acids is 1. The van der Waals surface area contributed by atoms with Crippen molar-refractivity contribution >= 4 is 23.3 Å². The van der Waals surface area contributed by atoms with Gasteiger partial charge in [0.1, 0.15) is 6.04 Å². The number of likely N-dealkylation sites (N-methyl/N-ethyl adjacent to an activating group) is 2. The van der Waals surface area contributed by atoms with E-state index in [0.717, 1.165) is 23.4 Å². The Morgan fingerprint density at radius 3 is 2.63 bits per heavy atom. The summed E-state index contributed by atoms with van der Waals surface area (Å²) in [5, 5.41) is 8.94. The molecule has 1 N–H and O–H groups in total. The second-order valence-corrected chi connectivity index (χ2v) is 4.76. The number of aliphatic carboxylic acids is 1. The summed E-state index contributed by atoms with van der Waals surface area (Å²) in [7, 11) is 3.49. The van der Waals surface area contributed by atoms with Gasteiger partial charge in [0.05, 0.1) is 17.8 Å². The lowest BCUT2D eigenvalue weighted by Gasteiger charge is -2.40. The number of hydrogen-bond acceptors (Lipinski definition) is 3. The average molecular weight is 262 g/mol. The topological polar surface area (TPSA) is 60.9 Å². The molecular weight excluding hydrogens is 244 g/mol. The van der Waals surface area contributed by atoms with Crippen molar-refractivity contribution in [2.24, 2.45) is 0 Å². The van der Waals surface area contributed by atoms with E-state index in [1.807, 2.05) is 25.1 Å². The highest BCUT2D eigenvalue weighted by molar-refractivity contribution is 6.07. The van der Waals surface area contributed by atoms with Crippen molar-refractivity contribution in [3.05, 3.63) is 23.8 Å². The number of rotatable bonds is 3. The molecule has 0 aliphatic carbocycles. The lowest BCUT2D eigenvalue weighted by molar-refractivity contribution is -0.139. The van der Waals surface area contributed by atoms with Crippen LogP contribution in [0.1, 0.15) is 18.9 Å². The van der Waals surface area contributed by atoms with Crippen LogP contribution in [0, 0.1) is 0 Å². The molecule has 1 aromatic rings. The molecule has 0 bridgehead atoms. The molecule has 5 heteroatoms. The number of carboxylic acid groups (broad SMARTS) is 1. The fourth-order valence-electron chi connectivity index (χ4n) is 2.59. The van der Waals surface area contributed by atoms with Gasteiger partial charge >= 0.3 is 5.97 Å². The summed E-state index contributed by atoms with van der Waals surface area (Å²) in [5.41, 5.74) is 2.89. The first-order valence-corrected chi connectivity index (χ1v) is 6.31. The van der Waals surface area contributed by atoms with Gasteiger partial charge in [0, 0.05) is 14.1 Å². The Bertz CT molecular complexity index is 527. The number of para-hydroxylation sites is 1. The predicted octanol–water partition coefficient (Wildman–Crippen LogP) is 1.50. The van der Waals surface area contributed by atoms with Crippen LogP contribution in [0.2, 0.25) is 0 Å². The Balaban J connectivity index is 2.51. The third-order valence-corrected chi connectivity index (χ3v) is 3.65. The van der Waals surface area contributed by atoms with Crippen molar-refractivity contribution in [1.29, 1.82) is 0 Å². The summed E-state index contributed by atoms with van der Waals surface area (Å²) in [6, 6.07) is 5.22. The van der Waals surface area contributed by atoms with E-state index in [0.29, 0.717) is 0 Å². The molecular formula is C14H18N2O3. The van der Waals surface area contributed by atoms with Crippen molar-refractivity contribution in [3.63, 3.8) is 0 Å². The van der Waals surface area contributed by atoms with Gasteiger partial charge in [-0.2, -0.15) is 0 Å². The van der Waals surface area contributed by atoms with Crippen molar-refractivity contribution < 1.29 is 14.7 Å². The zero-order valence-corrected chi connectivity index (χ0v) is 11.4. The minimum Gasteiger partial charge on any atom is -0.481 e. The number of benzene rings is 1. The number of amides is 1. The maximum absolute atomic E-state index is 12.3. The van der Waals surface area contributed by atoms with E-state index >= 15 is 0 Å². The number of carbonyl (C=O) groups excluding carboxylic acids is 1. The van der Waals surface area contributed by atoms with Gasteiger partial charge in [-0.1, -0.05) is 19.1 Å². The van der Waals surface area contributed by atoms with Gasteiger partial charge in [0.15, 0.2) is 0 Å². The zero-order chi connectivity index (χ0) is 14.2. The summed E-state index contributed by atoms with van der Waals surface area (Å²) in [5.74, 6) is -1.13. The molecule has 0 saturated carbocycles. The van der Waals surface area contributed by atoms with Crippen molar-refractivity contribution in [1.82, 2.24) is 0 Å². The SMILES string of the molecule is CCc1cccc2c1N(C)C(=O)C(CC(=O)O)N2C. The van der Waals surface area contributed by atoms with Gasteiger partial charge in [0.2, 0.25) is 5.91 Å². The van der Waals surface area contributed by atoms with Crippen molar-refractivity contribution in [3.8, 4) is 0 Å². The van der Waals surface area contributed by atoms with Crippen LogP contribution >= 0.6 is 0 Å². The smallest absolute Gasteiger partial charge is 0.305 e. The minimum atomic E-state index is -0.964. The Morgan fingerprint density at radius 2 is 2.05 bits per heavy atom. The summed E-state index contributed by atoms with van der Waals surface area (Å²) >= 11 is 0. The molecule has 2 rings (SSSR count). The second kappa shape index (κ2) is 4.91. The number of nitrogens with zero attached hydrogens (tertiary/aromatic N) is 2. The van der Waals surface area contributed by atoms with Gasteiger partial charge < -0.3 is 14.9 Å². The molecule has 0 aromatic heterocycles. The molecule has 102 valence electrons. The lowest BCUT2D eigenvalue weighted by atomic mass is 10.00. The van der Waals surface area contributed by atoms with Crippen LogP contribution in [0.25, 0.3) is 0 Å². The highest BCUT2D eigenvalue weighted by atomic mass is 16.4. The van der Waals surface area contributed by atoms with E-state index in [1.165, 1.54) is 0 Å². The van der Waals surface area contributed by atoms with Crippen molar-refractivity contribution in [2.45, 2.75) is 25.8 Å². The predicted molar refractivity (Wildman–Crippen MR) is 73.7 cm³/mol. The zero-order valence-electron chi connectivity index (χ0n) is 11.4. The first-order valence-electron chi connectivity index (χ1n) is 6.31. The van der Waals surface area contributed by atoms with Crippen LogP contribution in [-0.4, -0.2) is 37.1 Å². The molecule has 1 unspecified atom stereocenters. The van der Waals surface area contributed by atoms with E-state index in [4.69, 9.17) is 5.11 Å². The maximum atomic E-state index is 12.3. The van der Waals surface area contributed by atoms with Crippen LogP contribution < -0.4 is 9.80 Å². The van der Waals surface area contributed by atoms with Crippen LogP contribution in [0.15, 0.2) is 18.2 Å². The molecule has 19 heavy (non-hydrogen) atoms. The van der Waals surface area contributed by atoms with E-state index in [1.54, 1.807) is 23.9 Å². The monoisotopic (exact) mass is 262 g/mol. The minimum absolute atomic E-state index is 0.168. The van der Waals surface area contributed by atoms with Crippen LogP contribution in [0.5, 0.6) is 0 Å². The van der Waals surface area contributed by atoms with E-state index in [-0.39, 0.29) is 12.3 Å². The van der Waals surface area contributed by atoms with E-state index in [2.05, 4.69) is 0 Å². The Labute approximate surface area is 112 Å². The highest BCUT2D eigenvalue weighted by Gasteiger charge is 2.36. The van der Waals surface area contributed by atoms with Crippen LogP contribution in [-0.2, 0) is 16.0 Å². The molecule has 0 saturated heterocycles. The lowest BCUT2D eigenvalue weighted by Crippen LogP contribution is -2.51. The van der Waals surface area contributed by atoms with E-state index < -0.39 is 12.0 Å². The van der Waals surface area contributed by atoms with Gasteiger partial charge in [-0.25, -0.2) is 0 Å². The Hall–Kier alpha value is -2.04. The highest BCUT2D eigenvalue weighted by Crippen LogP contribution is 2.38. The first-order chi connectivity index (χ1) is 8.97. The largest absolute Gasteiger partial charge is 0.481 e. The summed E-state index contributed by atoms with van der Waals surface area (Å²) in [4.78, 5) is 26.6. The first kappa shape index (κ1) is 13.4. The van der Waals surface area contributed by atoms with Crippen LogP contribution in [0.4, 0.5) is 11.4 Å². The van der Waals surface area contributed by atoms with Gasteiger partial charge in [-0.15, -0.1) is 0 Å². The standard InChI is InChI=1S/C14H18N2O3/c1-4-9-6-5-7-10-13(9)16(3)14(19)11(15(10)2)8-12(17)18/h5-7,11H,4,8H2,1-3H3,(H,17,18). The third-order valence-electron chi connectivity index (χ3n) is 3.65. The molecule has 1 aliphatic rings. The second-order valence-electron chi connectivity index (χ2n) is 4.76. The van der Waals surface area contributed by atoms with Gasteiger partial charge in [-0.3, -0.25) is 9.59 Å². The number of carbonyl (C=O) groups is 2. The Morgan fingerprint density at radius 1 is 1.37 bits per heavy atom. The van der Waals surface area contributed by atoms with Gasteiger partial charge in [-0.05, 0) is 18.1 Å². The summed E-state index contributed by atoms with van der Waals surface area (Å²) < 4.78 is 0. The molecule has 1 amide bonds. The molecule has 0 spiro atoms. The average Bonchev–Trinajstić information content (AvgIpc) is 2.40. The number of anilines is 2. The van der Waals surface area contributed by atoms with Crippen molar-refractivity contribution in [2.75, 3.05) is 23.9 Å². The number of hydrogen-bond donors (Lipinski definition) is 1. The Kier molecular flexibility index (Phi) is 3.46. The third kappa shape index (κ3) is 2.16. The van der Waals surface area contributed by atoms with Gasteiger partial charge in [0.25, 0.3) is 0 Å². The fraction of sp³-hybridized carbons (Fsp3) is 0.429. The molecule has 0 radical (unpaired) electrons. The molecule has 1 aliphatic heterocycles. The molecule has 5 nitrogen and oxygen atoms in total. The molecule has 0 fully saturated rings.